The van der Waals surface area contributed by atoms with Crippen LogP contribution in [0.15, 0.2) is 38.3 Å². The molecule has 0 spiro atoms. The Morgan fingerprint density at radius 1 is 1.21 bits per heavy atom. The summed E-state index contributed by atoms with van der Waals surface area (Å²) in [5.41, 5.74) is 0.535. The molecular formula is C16H19NO5S2. The van der Waals surface area contributed by atoms with Gasteiger partial charge in [-0.25, -0.2) is 0 Å². The number of benzene rings is 1. The van der Waals surface area contributed by atoms with Crippen molar-refractivity contribution in [1.29, 1.82) is 0 Å². The van der Waals surface area contributed by atoms with Gasteiger partial charge in [0.25, 0.3) is 10.0 Å². The van der Waals surface area contributed by atoms with E-state index in [4.69, 9.17) is 14.2 Å². The third-order valence-corrected chi connectivity index (χ3v) is 5.63. The largest absolute Gasteiger partial charge is 0.493 e. The summed E-state index contributed by atoms with van der Waals surface area (Å²) in [7, 11) is -0.682. The number of ether oxygens (including phenoxy) is 3. The molecule has 1 heterocycles. The van der Waals surface area contributed by atoms with E-state index >= 15 is 0 Å². The second-order valence-electron chi connectivity index (χ2n) is 4.74. The molecular weight excluding hydrogens is 350 g/mol. The van der Waals surface area contributed by atoms with Crippen molar-refractivity contribution in [2.24, 2.45) is 4.40 Å². The van der Waals surface area contributed by atoms with E-state index < -0.39 is 10.0 Å². The molecule has 2 aromatic rings. The minimum atomic E-state index is -3.70. The zero-order valence-electron chi connectivity index (χ0n) is 13.7. The number of rotatable bonds is 8. The van der Waals surface area contributed by atoms with Crippen molar-refractivity contribution in [3.8, 4) is 17.2 Å². The minimum Gasteiger partial charge on any atom is -0.493 e. The highest BCUT2D eigenvalue weighted by Crippen LogP contribution is 2.38. The van der Waals surface area contributed by atoms with Gasteiger partial charge in [0.05, 0.1) is 20.8 Å². The van der Waals surface area contributed by atoms with Crippen molar-refractivity contribution in [3.05, 3.63) is 35.2 Å². The van der Waals surface area contributed by atoms with E-state index in [0.29, 0.717) is 29.4 Å². The zero-order chi connectivity index (χ0) is 17.6. The number of sulfonamides is 1. The predicted octanol–water partition coefficient (Wildman–Crippen LogP) is 3.36. The lowest BCUT2D eigenvalue weighted by molar-refractivity contribution is 0.275. The van der Waals surface area contributed by atoms with Gasteiger partial charge in [-0.2, -0.15) is 12.8 Å². The van der Waals surface area contributed by atoms with E-state index in [1.165, 1.54) is 26.5 Å². The maximum absolute atomic E-state index is 12.1. The van der Waals surface area contributed by atoms with Crippen LogP contribution >= 0.6 is 11.3 Å². The van der Waals surface area contributed by atoms with Gasteiger partial charge >= 0.3 is 0 Å². The van der Waals surface area contributed by atoms with Crippen LogP contribution in [0.25, 0.3) is 0 Å². The number of hydrogen-bond donors (Lipinski definition) is 0. The van der Waals surface area contributed by atoms with Crippen molar-refractivity contribution in [2.45, 2.75) is 17.6 Å². The molecule has 6 nitrogen and oxygen atoms in total. The fraction of sp³-hybridized carbons (Fsp3) is 0.312. The average Bonchev–Trinajstić information content (AvgIpc) is 3.13. The Morgan fingerprint density at radius 3 is 2.38 bits per heavy atom. The lowest BCUT2D eigenvalue weighted by Gasteiger charge is -2.14. The molecule has 0 saturated heterocycles. The Bertz CT molecular complexity index is 773. The topological polar surface area (TPSA) is 74.2 Å². The summed E-state index contributed by atoms with van der Waals surface area (Å²) >= 11 is 1.12. The van der Waals surface area contributed by atoms with E-state index in [2.05, 4.69) is 4.40 Å². The molecule has 0 aliphatic heterocycles. The fourth-order valence-corrected chi connectivity index (χ4v) is 3.76. The predicted molar refractivity (Wildman–Crippen MR) is 94.4 cm³/mol. The van der Waals surface area contributed by atoms with E-state index in [1.54, 1.807) is 23.6 Å². The van der Waals surface area contributed by atoms with Gasteiger partial charge in [-0.15, -0.1) is 11.3 Å². The second-order valence-corrected chi connectivity index (χ2v) is 7.55. The molecule has 8 heteroatoms. The maximum Gasteiger partial charge on any atom is 0.291 e. The maximum atomic E-state index is 12.1. The number of nitrogens with zero attached hydrogens (tertiary/aromatic N) is 1. The molecule has 1 aromatic carbocycles. The fourth-order valence-electron chi connectivity index (χ4n) is 1.91. The molecule has 0 atom stereocenters. The summed E-state index contributed by atoms with van der Waals surface area (Å²) in [5.74, 6) is 1.40. The summed E-state index contributed by atoms with van der Waals surface area (Å²) in [6.07, 6.45) is 2.11. The standard InChI is InChI=1S/C16H19NO5S2/c1-4-7-22-16-13(20-2)9-12(10-14(16)21-3)11-17-24(18,19)15-6-5-8-23-15/h5-6,8-11H,4,7H2,1-3H3/b17-11-. The Hall–Kier alpha value is -2.06. The van der Waals surface area contributed by atoms with Crippen LogP contribution < -0.4 is 14.2 Å². The van der Waals surface area contributed by atoms with Crippen molar-refractivity contribution >= 4 is 27.6 Å². The van der Waals surface area contributed by atoms with Crippen molar-refractivity contribution in [1.82, 2.24) is 0 Å². The van der Waals surface area contributed by atoms with Crippen molar-refractivity contribution in [2.75, 3.05) is 20.8 Å². The van der Waals surface area contributed by atoms with Crippen LogP contribution in [0.2, 0.25) is 0 Å². The first kappa shape index (κ1) is 18.3. The van der Waals surface area contributed by atoms with Gasteiger partial charge in [0, 0.05) is 11.8 Å². The van der Waals surface area contributed by atoms with Crippen molar-refractivity contribution < 1.29 is 22.6 Å². The zero-order valence-corrected chi connectivity index (χ0v) is 15.3. The molecule has 0 aliphatic rings. The van der Waals surface area contributed by atoms with E-state index in [1.807, 2.05) is 6.92 Å². The van der Waals surface area contributed by atoms with E-state index in [0.717, 1.165) is 17.8 Å². The van der Waals surface area contributed by atoms with Crippen LogP contribution in [0.5, 0.6) is 17.2 Å². The first-order chi connectivity index (χ1) is 11.5. The van der Waals surface area contributed by atoms with Crippen LogP contribution in [0.4, 0.5) is 0 Å². The summed E-state index contributed by atoms with van der Waals surface area (Å²) in [5, 5.41) is 1.69. The molecule has 0 amide bonds. The normalized spacial score (nSPS) is 11.6. The van der Waals surface area contributed by atoms with E-state index in [-0.39, 0.29) is 4.21 Å². The van der Waals surface area contributed by atoms with Crippen LogP contribution in [-0.4, -0.2) is 35.5 Å². The van der Waals surface area contributed by atoms with Gasteiger partial charge in [-0.3, -0.25) is 0 Å². The number of hydrogen-bond acceptors (Lipinski definition) is 6. The summed E-state index contributed by atoms with van der Waals surface area (Å²) < 4.78 is 44.4. The summed E-state index contributed by atoms with van der Waals surface area (Å²) in [4.78, 5) is 0. The first-order valence-electron chi connectivity index (χ1n) is 7.24. The molecule has 0 aliphatic carbocycles. The van der Waals surface area contributed by atoms with Crippen LogP contribution in [-0.2, 0) is 10.0 Å². The molecule has 0 bridgehead atoms. The van der Waals surface area contributed by atoms with Gasteiger partial charge in [-0.1, -0.05) is 13.0 Å². The van der Waals surface area contributed by atoms with Gasteiger partial charge in [0.1, 0.15) is 4.21 Å². The Morgan fingerprint density at radius 2 is 1.88 bits per heavy atom. The Balaban J connectivity index is 2.36. The van der Waals surface area contributed by atoms with Gasteiger partial charge in [0.2, 0.25) is 5.75 Å². The molecule has 130 valence electrons. The summed E-state index contributed by atoms with van der Waals surface area (Å²) in [6, 6.07) is 6.49. The minimum absolute atomic E-state index is 0.195. The molecule has 0 saturated carbocycles. The molecule has 2 rings (SSSR count). The van der Waals surface area contributed by atoms with Gasteiger partial charge in [0.15, 0.2) is 11.5 Å². The molecule has 1 aromatic heterocycles. The number of thiophene rings is 1. The second kappa shape index (κ2) is 8.16. The van der Waals surface area contributed by atoms with Crippen molar-refractivity contribution in [3.63, 3.8) is 0 Å². The molecule has 24 heavy (non-hydrogen) atoms. The first-order valence-corrected chi connectivity index (χ1v) is 9.56. The Kier molecular flexibility index (Phi) is 6.22. The third-order valence-electron chi connectivity index (χ3n) is 3.02. The lowest BCUT2D eigenvalue weighted by atomic mass is 10.2. The lowest BCUT2D eigenvalue weighted by Crippen LogP contribution is -2.02. The summed E-state index contributed by atoms with van der Waals surface area (Å²) in [6.45, 7) is 2.52. The van der Waals surface area contributed by atoms with Gasteiger partial charge in [-0.05, 0) is 30.0 Å². The quantitative estimate of drug-likeness (QED) is 0.667. The van der Waals surface area contributed by atoms with E-state index in [9.17, 15) is 8.42 Å². The Labute approximate surface area is 145 Å². The molecule has 0 fully saturated rings. The average molecular weight is 369 g/mol. The monoisotopic (exact) mass is 369 g/mol. The molecule has 0 N–H and O–H groups in total. The smallest absolute Gasteiger partial charge is 0.291 e. The highest BCUT2D eigenvalue weighted by Gasteiger charge is 2.15. The highest BCUT2D eigenvalue weighted by molar-refractivity contribution is 7.92. The molecule has 0 radical (unpaired) electrons. The third kappa shape index (κ3) is 4.27. The van der Waals surface area contributed by atoms with Crippen LogP contribution in [0.1, 0.15) is 18.9 Å². The van der Waals surface area contributed by atoms with Gasteiger partial charge < -0.3 is 14.2 Å². The van der Waals surface area contributed by atoms with Crippen LogP contribution in [0.3, 0.4) is 0 Å². The number of methoxy groups -OCH3 is 2. The highest BCUT2D eigenvalue weighted by atomic mass is 32.2. The SMILES string of the molecule is CCCOc1c(OC)cc(/C=N\S(=O)(=O)c2cccs2)cc1OC. The van der Waals surface area contributed by atoms with Crippen LogP contribution in [0, 0.1) is 0 Å². The molecule has 0 unspecified atom stereocenters.